The smallest absolute Gasteiger partial charge is 0.404 e. The standard InChI is InChI=1S/C11H8BrF3N2O3/c12-6-1-2-8(20-11(13,14)15)7(5-6)17-4-3-9(18)16-10(17)19/h1-2,5H,3-4H2,(H,16,18,19). The summed E-state index contributed by atoms with van der Waals surface area (Å²) in [5.41, 5.74) is -0.0679. The van der Waals surface area contributed by atoms with E-state index < -0.39 is 24.1 Å². The molecule has 1 aliphatic rings. The molecule has 20 heavy (non-hydrogen) atoms. The Morgan fingerprint density at radius 2 is 2.00 bits per heavy atom. The van der Waals surface area contributed by atoms with Crippen LogP contribution in [0, 0.1) is 0 Å². The first-order chi connectivity index (χ1) is 9.26. The zero-order valence-electron chi connectivity index (χ0n) is 9.83. The van der Waals surface area contributed by atoms with Crippen molar-refractivity contribution >= 4 is 33.6 Å². The maximum Gasteiger partial charge on any atom is 0.573 e. The first-order valence-corrected chi connectivity index (χ1v) is 6.22. The molecular formula is C11H8BrF3N2O3. The van der Waals surface area contributed by atoms with E-state index in [1.807, 2.05) is 5.32 Å². The van der Waals surface area contributed by atoms with E-state index in [4.69, 9.17) is 0 Å². The zero-order chi connectivity index (χ0) is 14.9. The summed E-state index contributed by atoms with van der Waals surface area (Å²) >= 11 is 3.11. The molecule has 5 nitrogen and oxygen atoms in total. The van der Waals surface area contributed by atoms with Crippen LogP contribution in [-0.2, 0) is 4.79 Å². The number of benzene rings is 1. The van der Waals surface area contributed by atoms with Crippen LogP contribution in [0.1, 0.15) is 6.42 Å². The molecule has 2 rings (SSSR count). The van der Waals surface area contributed by atoms with Crippen molar-refractivity contribution in [2.24, 2.45) is 0 Å². The van der Waals surface area contributed by atoms with Gasteiger partial charge in [0.15, 0.2) is 5.75 Å². The fourth-order valence-electron chi connectivity index (χ4n) is 1.71. The van der Waals surface area contributed by atoms with Gasteiger partial charge in [-0.1, -0.05) is 15.9 Å². The lowest BCUT2D eigenvalue weighted by Gasteiger charge is -2.28. The van der Waals surface area contributed by atoms with Crippen molar-refractivity contribution in [2.75, 3.05) is 11.4 Å². The molecular weight excluding hydrogens is 345 g/mol. The first-order valence-electron chi connectivity index (χ1n) is 5.43. The lowest BCUT2D eigenvalue weighted by atomic mass is 10.2. The Morgan fingerprint density at radius 3 is 2.60 bits per heavy atom. The molecule has 0 radical (unpaired) electrons. The van der Waals surface area contributed by atoms with Crippen LogP contribution in [0.4, 0.5) is 23.7 Å². The van der Waals surface area contributed by atoms with E-state index in [9.17, 15) is 22.8 Å². The number of anilines is 1. The maximum absolute atomic E-state index is 12.3. The molecule has 1 aromatic rings. The van der Waals surface area contributed by atoms with Crippen LogP contribution < -0.4 is 15.0 Å². The van der Waals surface area contributed by atoms with Crippen LogP contribution in [0.25, 0.3) is 0 Å². The molecule has 1 aromatic carbocycles. The maximum atomic E-state index is 12.3. The molecule has 0 bridgehead atoms. The van der Waals surface area contributed by atoms with E-state index in [0.717, 1.165) is 11.0 Å². The van der Waals surface area contributed by atoms with E-state index in [0.29, 0.717) is 4.47 Å². The third-order valence-electron chi connectivity index (χ3n) is 2.49. The van der Waals surface area contributed by atoms with Gasteiger partial charge in [0.1, 0.15) is 0 Å². The Bertz CT molecular complexity index is 562. The molecule has 0 unspecified atom stereocenters. The number of nitrogens with one attached hydrogen (secondary N) is 1. The molecule has 0 aromatic heterocycles. The Morgan fingerprint density at radius 1 is 1.30 bits per heavy atom. The summed E-state index contributed by atoms with van der Waals surface area (Å²) in [5.74, 6) is -0.982. The van der Waals surface area contributed by atoms with Gasteiger partial charge in [-0.3, -0.25) is 15.0 Å². The van der Waals surface area contributed by atoms with Crippen molar-refractivity contribution in [3.8, 4) is 5.75 Å². The van der Waals surface area contributed by atoms with Gasteiger partial charge < -0.3 is 4.74 Å². The minimum atomic E-state index is -4.87. The SMILES string of the molecule is O=C1CCN(c2cc(Br)ccc2OC(F)(F)F)C(=O)N1. The average molecular weight is 353 g/mol. The monoisotopic (exact) mass is 352 g/mol. The fourth-order valence-corrected chi connectivity index (χ4v) is 2.06. The van der Waals surface area contributed by atoms with Gasteiger partial charge in [-0.2, -0.15) is 0 Å². The summed E-state index contributed by atoms with van der Waals surface area (Å²) in [5, 5.41) is 2.03. The molecule has 9 heteroatoms. The molecule has 108 valence electrons. The number of alkyl halides is 3. The predicted molar refractivity (Wildman–Crippen MR) is 66.3 cm³/mol. The largest absolute Gasteiger partial charge is 0.573 e. The molecule has 0 saturated carbocycles. The average Bonchev–Trinajstić information content (AvgIpc) is 2.30. The van der Waals surface area contributed by atoms with Crippen LogP contribution in [-0.4, -0.2) is 24.8 Å². The summed E-state index contributed by atoms with van der Waals surface area (Å²) < 4.78 is 41.4. The number of carbonyl (C=O) groups excluding carboxylic acids is 2. The van der Waals surface area contributed by atoms with Gasteiger partial charge in [-0.05, 0) is 18.2 Å². The third-order valence-corrected chi connectivity index (χ3v) is 2.98. The van der Waals surface area contributed by atoms with E-state index in [1.165, 1.54) is 12.1 Å². The van der Waals surface area contributed by atoms with Gasteiger partial charge in [-0.25, -0.2) is 4.79 Å². The molecule has 1 aliphatic heterocycles. The Kier molecular flexibility index (Phi) is 3.89. The topological polar surface area (TPSA) is 58.6 Å². The number of carbonyl (C=O) groups is 2. The molecule has 1 N–H and O–H groups in total. The lowest BCUT2D eigenvalue weighted by molar-refractivity contribution is -0.274. The Balaban J connectivity index is 2.36. The number of hydrogen-bond acceptors (Lipinski definition) is 3. The van der Waals surface area contributed by atoms with Crippen LogP contribution in [0.2, 0.25) is 0 Å². The van der Waals surface area contributed by atoms with E-state index in [2.05, 4.69) is 20.7 Å². The highest BCUT2D eigenvalue weighted by molar-refractivity contribution is 9.10. The van der Waals surface area contributed by atoms with Gasteiger partial charge in [0.05, 0.1) is 5.69 Å². The molecule has 0 aliphatic carbocycles. The fraction of sp³-hybridized carbons (Fsp3) is 0.273. The van der Waals surface area contributed by atoms with Crippen LogP contribution in [0.5, 0.6) is 5.75 Å². The number of rotatable bonds is 2. The van der Waals surface area contributed by atoms with Crippen molar-refractivity contribution < 1.29 is 27.5 Å². The van der Waals surface area contributed by atoms with Crippen molar-refractivity contribution in [1.29, 1.82) is 0 Å². The summed E-state index contributed by atoms with van der Waals surface area (Å²) in [6.07, 6.45) is -4.87. The highest BCUT2D eigenvalue weighted by atomic mass is 79.9. The van der Waals surface area contributed by atoms with Gasteiger partial charge >= 0.3 is 12.4 Å². The molecule has 3 amide bonds. The third kappa shape index (κ3) is 3.41. The minimum absolute atomic E-state index is 0.00368. The van der Waals surface area contributed by atoms with Crippen molar-refractivity contribution in [3.05, 3.63) is 22.7 Å². The number of urea groups is 1. The number of halogens is 4. The second-order valence-electron chi connectivity index (χ2n) is 3.91. The Labute approximate surface area is 119 Å². The zero-order valence-corrected chi connectivity index (χ0v) is 11.4. The molecule has 0 spiro atoms. The number of hydrogen-bond donors (Lipinski definition) is 1. The number of nitrogens with zero attached hydrogens (tertiary/aromatic N) is 1. The van der Waals surface area contributed by atoms with E-state index in [1.54, 1.807) is 0 Å². The van der Waals surface area contributed by atoms with E-state index in [-0.39, 0.29) is 18.7 Å². The minimum Gasteiger partial charge on any atom is -0.404 e. The summed E-state index contributed by atoms with van der Waals surface area (Å²) in [7, 11) is 0. The van der Waals surface area contributed by atoms with Gasteiger partial charge in [0, 0.05) is 17.4 Å². The summed E-state index contributed by atoms with van der Waals surface area (Å²) in [6.45, 7) is -0.0185. The quantitative estimate of drug-likeness (QED) is 0.890. The van der Waals surface area contributed by atoms with Crippen LogP contribution >= 0.6 is 15.9 Å². The highest BCUT2D eigenvalue weighted by Crippen LogP contribution is 2.35. The molecule has 1 heterocycles. The van der Waals surface area contributed by atoms with Crippen LogP contribution in [0.15, 0.2) is 22.7 Å². The normalized spacial score (nSPS) is 16.1. The second-order valence-corrected chi connectivity index (χ2v) is 4.83. The van der Waals surface area contributed by atoms with Gasteiger partial charge in [-0.15, -0.1) is 13.2 Å². The summed E-state index contributed by atoms with van der Waals surface area (Å²) in [6, 6.07) is 2.98. The van der Waals surface area contributed by atoms with Crippen molar-refractivity contribution in [2.45, 2.75) is 12.8 Å². The van der Waals surface area contributed by atoms with Gasteiger partial charge in [0.25, 0.3) is 0 Å². The highest BCUT2D eigenvalue weighted by Gasteiger charge is 2.34. The van der Waals surface area contributed by atoms with Crippen LogP contribution in [0.3, 0.4) is 0 Å². The Hall–Kier alpha value is -1.77. The second kappa shape index (κ2) is 5.31. The lowest BCUT2D eigenvalue weighted by Crippen LogP contribution is -2.49. The molecule has 1 saturated heterocycles. The predicted octanol–water partition coefficient (Wildman–Crippen LogP) is 2.79. The number of amides is 3. The molecule has 0 atom stereocenters. The van der Waals surface area contributed by atoms with Gasteiger partial charge in [0.2, 0.25) is 5.91 Å². The van der Waals surface area contributed by atoms with Crippen molar-refractivity contribution in [3.63, 3.8) is 0 Å². The number of imide groups is 1. The van der Waals surface area contributed by atoms with Crippen molar-refractivity contribution in [1.82, 2.24) is 5.32 Å². The van der Waals surface area contributed by atoms with E-state index >= 15 is 0 Å². The number of ether oxygens (including phenoxy) is 1. The summed E-state index contributed by atoms with van der Waals surface area (Å²) in [4.78, 5) is 23.7. The molecule has 1 fully saturated rings. The first kappa shape index (κ1) is 14.6.